The van der Waals surface area contributed by atoms with E-state index in [1.54, 1.807) is 0 Å². The third-order valence-corrected chi connectivity index (χ3v) is 12.9. The molecule has 0 bridgehead atoms. The van der Waals surface area contributed by atoms with Crippen molar-refractivity contribution in [1.29, 1.82) is 0 Å². The maximum atomic E-state index is 12.8. The molecule has 0 amide bonds. The molecule has 0 aromatic heterocycles. The number of quaternary nitrogens is 1. The van der Waals surface area contributed by atoms with Crippen LogP contribution < -0.4 is 0 Å². The summed E-state index contributed by atoms with van der Waals surface area (Å²) in [6.45, 7) is 4.79. The predicted molar refractivity (Wildman–Crippen MR) is 271 cm³/mol. The SMILES string of the molecule is CCCCCCCC/C=C/CCCCCCCCCC(=O)OCC(COCCC(C(=O)O)[N+](C)(C)C)OC(=O)CCCCCCCCCCCCCCCCCCCCCCCCC. The van der Waals surface area contributed by atoms with Gasteiger partial charge in [-0.2, -0.15) is 0 Å². The van der Waals surface area contributed by atoms with Gasteiger partial charge in [0.2, 0.25) is 0 Å². The first-order valence-corrected chi connectivity index (χ1v) is 27.7. The van der Waals surface area contributed by atoms with Crippen LogP contribution in [0.2, 0.25) is 0 Å². The lowest BCUT2D eigenvalue weighted by Crippen LogP contribution is -2.50. The Morgan fingerprint density at radius 2 is 0.781 bits per heavy atom. The van der Waals surface area contributed by atoms with E-state index in [1.807, 2.05) is 21.1 Å². The number of rotatable bonds is 51. The summed E-state index contributed by atoms with van der Waals surface area (Å²) in [6, 6.07) is -0.612. The van der Waals surface area contributed by atoms with Crippen molar-refractivity contribution in [1.82, 2.24) is 0 Å². The number of aliphatic carboxylic acids is 1. The first-order valence-electron chi connectivity index (χ1n) is 27.7. The number of nitrogens with zero attached hydrogens (tertiary/aromatic N) is 1. The van der Waals surface area contributed by atoms with Crippen molar-refractivity contribution < 1.29 is 38.2 Å². The van der Waals surface area contributed by atoms with Crippen molar-refractivity contribution in [2.75, 3.05) is 41.0 Å². The first-order chi connectivity index (χ1) is 31.1. The highest BCUT2D eigenvalue weighted by Crippen LogP contribution is 2.17. The lowest BCUT2D eigenvalue weighted by atomic mass is 10.0. The van der Waals surface area contributed by atoms with E-state index in [4.69, 9.17) is 14.2 Å². The molecular weight excluding hydrogens is 799 g/mol. The van der Waals surface area contributed by atoms with Gasteiger partial charge < -0.3 is 23.8 Å². The molecule has 0 aliphatic rings. The Bertz CT molecular complexity index is 1060. The monoisotopic (exact) mass is 907 g/mol. The molecule has 2 unspecified atom stereocenters. The van der Waals surface area contributed by atoms with Crippen LogP contribution >= 0.6 is 0 Å². The number of carbonyl (C=O) groups excluding carboxylic acids is 2. The molecule has 0 radical (unpaired) electrons. The number of likely N-dealkylation sites (N-methyl/N-ethyl adjacent to an activating group) is 1. The molecule has 0 saturated carbocycles. The van der Waals surface area contributed by atoms with E-state index in [2.05, 4.69) is 26.0 Å². The Hall–Kier alpha value is -1.93. The highest BCUT2D eigenvalue weighted by molar-refractivity contribution is 5.72. The van der Waals surface area contributed by atoms with Gasteiger partial charge in [-0.05, 0) is 38.5 Å². The van der Waals surface area contributed by atoms with Crippen LogP contribution in [-0.4, -0.2) is 80.6 Å². The summed E-state index contributed by atoms with van der Waals surface area (Å²) in [5.41, 5.74) is 0. The minimum atomic E-state index is -0.870. The first kappa shape index (κ1) is 62.1. The zero-order chi connectivity index (χ0) is 47.0. The van der Waals surface area contributed by atoms with Crippen molar-refractivity contribution in [2.45, 2.75) is 289 Å². The fourth-order valence-corrected chi connectivity index (χ4v) is 8.62. The van der Waals surface area contributed by atoms with E-state index in [9.17, 15) is 19.5 Å². The number of ether oxygens (including phenoxy) is 3. The van der Waals surface area contributed by atoms with Gasteiger partial charge in [0.05, 0.1) is 34.4 Å². The molecule has 0 saturated heterocycles. The van der Waals surface area contributed by atoms with Crippen LogP contribution in [-0.2, 0) is 28.6 Å². The number of carbonyl (C=O) groups is 3. The summed E-state index contributed by atoms with van der Waals surface area (Å²) in [5, 5.41) is 9.66. The second-order valence-corrected chi connectivity index (χ2v) is 20.2. The largest absolute Gasteiger partial charge is 0.477 e. The van der Waals surface area contributed by atoms with E-state index in [0.29, 0.717) is 19.3 Å². The fourth-order valence-electron chi connectivity index (χ4n) is 8.62. The van der Waals surface area contributed by atoms with Crippen molar-refractivity contribution >= 4 is 17.9 Å². The van der Waals surface area contributed by atoms with E-state index < -0.39 is 18.1 Å². The molecular formula is C56H108NO7+. The number of carboxylic acids is 1. The van der Waals surface area contributed by atoms with Crippen LogP contribution in [0.15, 0.2) is 12.2 Å². The van der Waals surface area contributed by atoms with E-state index in [0.717, 1.165) is 38.5 Å². The molecule has 8 heteroatoms. The van der Waals surface area contributed by atoms with Gasteiger partial charge in [0, 0.05) is 19.3 Å². The van der Waals surface area contributed by atoms with Gasteiger partial charge in [0.25, 0.3) is 0 Å². The van der Waals surface area contributed by atoms with Crippen molar-refractivity contribution in [3.63, 3.8) is 0 Å². The van der Waals surface area contributed by atoms with Crippen molar-refractivity contribution in [2.24, 2.45) is 0 Å². The van der Waals surface area contributed by atoms with Gasteiger partial charge in [-0.3, -0.25) is 9.59 Å². The lowest BCUT2D eigenvalue weighted by molar-refractivity contribution is -0.887. The summed E-state index contributed by atoms with van der Waals surface area (Å²) in [4.78, 5) is 37.2. The van der Waals surface area contributed by atoms with Gasteiger partial charge in [-0.15, -0.1) is 0 Å². The van der Waals surface area contributed by atoms with Crippen LogP contribution in [0.25, 0.3) is 0 Å². The summed E-state index contributed by atoms with van der Waals surface area (Å²) >= 11 is 0. The minimum absolute atomic E-state index is 0.0466. The Balaban J connectivity index is 4.14. The lowest BCUT2D eigenvalue weighted by Gasteiger charge is -2.31. The second-order valence-electron chi connectivity index (χ2n) is 20.2. The molecule has 0 aromatic rings. The van der Waals surface area contributed by atoms with Crippen LogP contribution in [0, 0.1) is 0 Å². The molecule has 0 heterocycles. The Morgan fingerprint density at radius 3 is 1.12 bits per heavy atom. The average Bonchev–Trinajstić information content (AvgIpc) is 3.26. The van der Waals surface area contributed by atoms with Crippen LogP contribution in [0.5, 0.6) is 0 Å². The van der Waals surface area contributed by atoms with Gasteiger partial charge in [0.15, 0.2) is 12.1 Å². The Morgan fingerprint density at radius 1 is 0.453 bits per heavy atom. The minimum Gasteiger partial charge on any atom is -0.477 e. The molecule has 0 rings (SSSR count). The number of unbranched alkanes of at least 4 members (excludes halogenated alkanes) is 35. The number of carboxylic acid groups (broad SMARTS) is 1. The summed E-state index contributed by atoms with van der Waals surface area (Å²) < 4.78 is 17.4. The normalized spacial score (nSPS) is 12.8. The second kappa shape index (κ2) is 47.6. The number of hydrogen-bond acceptors (Lipinski definition) is 6. The van der Waals surface area contributed by atoms with Crippen molar-refractivity contribution in [3.8, 4) is 0 Å². The molecule has 0 spiro atoms. The predicted octanol–water partition coefficient (Wildman–Crippen LogP) is 16.2. The maximum Gasteiger partial charge on any atom is 0.362 e. The molecule has 8 nitrogen and oxygen atoms in total. The highest BCUT2D eigenvalue weighted by Gasteiger charge is 2.31. The van der Waals surface area contributed by atoms with Gasteiger partial charge in [-0.25, -0.2) is 4.79 Å². The Labute approximate surface area is 397 Å². The smallest absolute Gasteiger partial charge is 0.362 e. The molecule has 378 valence electrons. The van der Waals surface area contributed by atoms with Crippen molar-refractivity contribution in [3.05, 3.63) is 12.2 Å². The van der Waals surface area contributed by atoms with Crippen LogP contribution in [0.4, 0.5) is 0 Å². The van der Waals surface area contributed by atoms with E-state index >= 15 is 0 Å². The summed E-state index contributed by atoms with van der Waals surface area (Å²) in [5.74, 6) is -1.45. The fraction of sp³-hybridized carbons (Fsp3) is 0.911. The molecule has 0 aromatic carbocycles. The number of esters is 2. The highest BCUT2D eigenvalue weighted by atomic mass is 16.6. The Kier molecular flexibility index (Phi) is 46.1. The third-order valence-electron chi connectivity index (χ3n) is 12.9. The topological polar surface area (TPSA) is 99.1 Å². The molecule has 0 aliphatic heterocycles. The summed E-state index contributed by atoms with van der Waals surface area (Å²) in [6.07, 6.45) is 54.1. The van der Waals surface area contributed by atoms with Crippen LogP contribution in [0.3, 0.4) is 0 Å². The maximum absolute atomic E-state index is 12.8. The quantitative estimate of drug-likeness (QED) is 0.0281. The zero-order valence-electron chi connectivity index (χ0n) is 43.3. The average molecular weight is 907 g/mol. The number of hydrogen-bond donors (Lipinski definition) is 1. The standard InChI is InChI=1S/C56H107NO7/c1-6-8-10-12-14-16-18-20-22-24-25-26-27-28-29-31-33-35-37-39-41-43-45-47-55(59)64-52(50-62-49-48-53(56(60)61)57(3,4)5)51-63-54(58)46-44-42-40-38-36-34-32-30-23-21-19-17-15-13-11-9-7-2/h21,23,52-53H,6-20,22,24-51H2,1-5H3/p+1/b23-21+. The van der Waals surface area contributed by atoms with Gasteiger partial charge in [-0.1, -0.05) is 231 Å². The van der Waals surface area contributed by atoms with E-state index in [-0.39, 0.29) is 36.2 Å². The van der Waals surface area contributed by atoms with Gasteiger partial charge in [0.1, 0.15) is 6.61 Å². The van der Waals surface area contributed by atoms with Gasteiger partial charge >= 0.3 is 17.9 Å². The number of allylic oxidation sites excluding steroid dienone is 2. The molecule has 64 heavy (non-hydrogen) atoms. The molecule has 2 atom stereocenters. The molecule has 0 fully saturated rings. The van der Waals surface area contributed by atoms with Crippen LogP contribution in [0.1, 0.15) is 277 Å². The van der Waals surface area contributed by atoms with E-state index in [1.165, 1.54) is 205 Å². The zero-order valence-corrected chi connectivity index (χ0v) is 43.3. The summed E-state index contributed by atoms with van der Waals surface area (Å²) in [7, 11) is 5.55. The third kappa shape index (κ3) is 45.2. The molecule has 0 aliphatic carbocycles. The molecule has 1 N–H and O–H groups in total.